The zero-order valence-corrected chi connectivity index (χ0v) is 18.1. The van der Waals surface area contributed by atoms with Gasteiger partial charge in [0.2, 0.25) is 5.91 Å². The highest BCUT2D eigenvalue weighted by molar-refractivity contribution is 6.03. The number of aryl methyl sites for hydroxylation is 1. The van der Waals surface area contributed by atoms with Gasteiger partial charge in [0, 0.05) is 36.3 Å². The number of amides is 2. The number of nitrogens with two attached hydrogens (primary N) is 1. The van der Waals surface area contributed by atoms with Crippen LogP contribution in [0.25, 0.3) is 33.2 Å². The number of hydrogen-bond acceptors (Lipinski definition) is 5. The van der Waals surface area contributed by atoms with Crippen molar-refractivity contribution in [3.05, 3.63) is 60.1 Å². The van der Waals surface area contributed by atoms with E-state index in [1.807, 2.05) is 31.4 Å². The maximum Gasteiger partial charge on any atom is 0.387 e. The van der Waals surface area contributed by atoms with Crippen LogP contribution in [0, 0.1) is 0 Å². The third kappa shape index (κ3) is 3.87. The molecule has 2 N–H and O–H groups in total. The van der Waals surface area contributed by atoms with Gasteiger partial charge in [-0.2, -0.15) is 13.9 Å². The number of carbonyl (C=O) groups excluding carboxylic acids is 2. The Hall–Kier alpha value is -4.21. The minimum absolute atomic E-state index is 0.0169. The van der Waals surface area contributed by atoms with Crippen LogP contribution in [0.3, 0.4) is 0 Å². The summed E-state index contributed by atoms with van der Waals surface area (Å²) < 4.78 is 38.6. The largest absolute Gasteiger partial charge is 0.464 e. The Kier molecular flexibility index (Phi) is 5.27. The van der Waals surface area contributed by atoms with Crippen LogP contribution in [0.5, 0.6) is 5.75 Å². The molecule has 1 aliphatic rings. The topological polar surface area (TPSA) is 104 Å². The SMILES string of the molecule is Cn1cc(-c2ccc3c(-c4cc5c(c(OC(F)F)c4)C(=O)N(CC(N)=O)CC5)coc3c2)cn1. The van der Waals surface area contributed by atoms with Crippen molar-refractivity contribution >= 4 is 22.8 Å². The van der Waals surface area contributed by atoms with Crippen molar-refractivity contribution in [2.45, 2.75) is 13.0 Å². The Morgan fingerprint density at radius 1 is 1.24 bits per heavy atom. The molecule has 0 unspecified atom stereocenters. The number of nitrogens with zero attached hydrogens (tertiary/aromatic N) is 3. The summed E-state index contributed by atoms with van der Waals surface area (Å²) in [6.45, 7) is -3.17. The number of carbonyl (C=O) groups is 2. The average molecular weight is 466 g/mol. The molecule has 0 saturated heterocycles. The molecule has 0 aliphatic carbocycles. The zero-order chi connectivity index (χ0) is 24.0. The molecule has 2 amide bonds. The highest BCUT2D eigenvalue weighted by atomic mass is 19.3. The molecule has 2 aromatic heterocycles. The van der Waals surface area contributed by atoms with E-state index in [4.69, 9.17) is 14.9 Å². The van der Waals surface area contributed by atoms with Crippen molar-refractivity contribution in [3.8, 4) is 28.0 Å². The third-order valence-corrected chi connectivity index (χ3v) is 5.82. The van der Waals surface area contributed by atoms with Gasteiger partial charge in [0.25, 0.3) is 5.91 Å². The molecule has 10 heteroatoms. The summed E-state index contributed by atoms with van der Waals surface area (Å²) in [5, 5.41) is 4.97. The summed E-state index contributed by atoms with van der Waals surface area (Å²) in [6.07, 6.45) is 5.56. The molecule has 5 rings (SSSR count). The normalized spacial score (nSPS) is 13.5. The fraction of sp³-hybridized carbons (Fsp3) is 0.208. The van der Waals surface area contributed by atoms with Crippen molar-refractivity contribution in [3.63, 3.8) is 0 Å². The number of alkyl halides is 2. The second-order valence-electron chi connectivity index (χ2n) is 8.09. The molecule has 0 fully saturated rings. The first-order valence-corrected chi connectivity index (χ1v) is 10.5. The minimum atomic E-state index is -3.12. The predicted molar refractivity (Wildman–Crippen MR) is 119 cm³/mol. The van der Waals surface area contributed by atoms with Gasteiger partial charge in [0.05, 0.1) is 24.6 Å². The standard InChI is InChI=1S/C24H20F2N4O4/c1-29-10-16(9-28-29)13-2-3-17-18(12-33-19(17)7-13)15-6-14-4-5-30(11-21(27)31)23(32)22(14)20(8-15)34-24(25)26/h2-3,6-10,12,24H,4-5,11H2,1H3,(H2,27,31). The predicted octanol–water partition coefficient (Wildman–Crippen LogP) is 3.59. The van der Waals surface area contributed by atoms with Gasteiger partial charge in [-0.05, 0) is 47.4 Å². The molecule has 174 valence electrons. The molecule has 8 nitrogen and oxygen atoms in total. The van der Waals surface area contributed by atoms with Gasteiger partial charge in [-0.15, -0.1) is 0 Å². The first-order chi connectivity index (χ1) is 16.3. The van der Waals surface area contributed by atoms with Gasteiger partial charge >= 0.3 is 6.61 Å². The number of primary amides is 1. The van der Waals surface area contributed by atoms with Gasteiger partial charge < -0.3 is 19.8 Å². The summed E-state index contributed by atoms with van der Waals surface area (Å²) in [7, 11) is 1.83. The van der Waals surface area contributed by atoms with Crippen LogP contribution in [-0.2, 0) is 18.3 Å². The van der Waals surface area contributed by atoms with E-state index >= 15 is 0 Å². The number of halogens is 2. The van der Waals surface area contributed by atoms with Crippen molar-refractivity contribution in [1.29, 1.82) is 0 Å². The third-order valence-electron chi connectivity index (χ3n) is 5.82. The number of ether oxygens (including phenoxy) is 1. The zero-order valence-electron chi connectivity index (χ0n) is 18.1. The van der Waals surface area contributed by atoms with Crippen molar-refractivity contribution < 1.29 is 27.5 Å². The van der Waals surface area contributed by atoms with E-state index < -0.39 is 18.4 Å². The van der Waals surface area contributed by atoms with Gasteiger partial charge in [0.1, 0.15) is 11.3 Å². The summed E-state index contributed by atoms with van der Waals surface area (Å²) in [6, 6.07) is 8.88. The highest BCUT2D eigenvalue weighted by Gasteiger charge is 2.31. The van der Waals surface area contributed by atoms with E-state index in [2.05, 4.69) is 5.10 Å². The molecule has 34 heavy (non-hydrogen) atoms. The van der Waals surface area contributed by atoms with Crippen molar-refractivity contribution in [2.75, 3.05) is 13.1 Å². The summed E-state index contributed by atoms with van der Waals surface area (Å²) >= 11 is 0. The van der Waals surface area contributed by atoms with Gasteiger partial charge in [-0.3, -0.25) is 14.3 Å². The van der Waals surface area contributed by atoms with E-state index in [1.165, 1.54) is 11.0 Å². The van der Waals surface area contributed by atoms with E-state index in [0.717, 1.165) is 16.5 Å². The number of aromatic nitrogens is 2. The molecule has 0 radical (unpaired) electrons. The molecule has 1 aliphatic heterocycles. The van der Waals surface area contributed by atoms with Crippen LogP contribution in [0.2, 0.25) is 0 Å². The van der Waals surface area contributed by atoms with E-state index in [1.54, 1.807) is 23.2 Å². The molecular weight excluding hydrogens is 446 g/mol. The lowest BCUT2D eigenvalue weighted by atomic mass is 9.92. The van der Waals surface area contributed by atoms with E-state index in [-0.39, 0.29) is 24.4 Å². The number of rotatable bonds is 6. The molecular formula is C24H20F2N4O4. The van der Waals surface area contributed by atoms with Crippen LogP contribution in [0.15, 0.2) is 53.4 Å². The van der Waals surface area contributed by atoms with E-state index in [0.29, 0.717) is 28.7 Å². The maximum atomic E-state index is 13.2. The molecule has 0 saturated carbocycles. The van der Waals surface area contributed by atoms with Gasteiger partial charge in [-0.1, -0.05) is 6.07 Å². The smallest absolute Gasteiger partial charge is 0.387 e. The Morgan fingerprint density at radius 2 is 2.06 bits per heavy atom. The Labute approximate surface area is 192 Å². The maximum absolute atomic E-state index is 13.2. The van der Waals surface area contributed by atoms with Crippen LogP contribution < -0.4 is 10.5 Å². The number of fused-ring (bicyclic) bond motifs is 2. The highest BCUT2D eigenvalue weighted by Crippen LogP contribution is 2.39. The quantitative estimate of drug-likeness (QED) is 0.468. The second-order valence-corrected chi connectivity index (χ2v) is 8.09. The molecule has 0 atom stereocenters. The fourth-order valence-electron chi connectivity index (χ4n) is 4.31. The lowest BCUT2D eigenvalue weighted by Crippen LogP contribution is -2.43. The van der Waals surface area contributed by atoms with E-state index in [9.17, 15) is 18.4 Å². The molecule has 0 spiro atoms. The second kappa shape index (κ2) is 8.29. The molecule has 2 aromatic carbocycles. The first-order valence-electron chi connectivity index (χ1n) is 10.5. The lowest BCUT2D eigenvalue weighted by molar-refractivity contribution is -0.118. The van der Waals surface area contributed by atoms with Gasteiger partial charge in [0.15, 0.2) is 0 Å². The number of hydrogen-bond donors (Lipinski definition) is 1. The first kappa shape index (κ1) is 21.6. The molecule has 4 aromatic rings. The minimum Gasteiger partial charge on any atom is -0.464 e. The number of benzene rings is 2. The molecule has 3 heterocycles. The van der Waals surface area contributed by atoms with Crippen molar-refractivity contribution in [2.24, 2.45) is 12.8 Å². The summed E-state index contributed by atoms with van der Waals surface area (Å²) in [4.78, 5) is 25.4. The average Bonchev–Trinajstić information content (AvgIpc) is 3.40. The van der Waals surface area contributed by atoms with Crippen LogP contribution in [0.4, 0.5) is 8.78 Å². The Balaban J connectivity index is 1.58. The van der Waals surface area contributed by atoms with Crippen LogP contribution in [-0.4, -0.2) is 46.2 Å². The summed E-state index contributed by atoms with van der Waals surface area (Å²) in [5.74, 6) is -1.50. The number of furan rings is 1. The monoisotopic (exact) mass is 466 g/mol. The lowest BCUT2D eigenvalue weighted by Gasteiger charge is -2.29. The van der Waals surface area contributed by atoms with Gasteiger partial charge in [-0.25, -0.2) is 0 Å². The Morgan fingerprint density at radius 3 is 2.76 bits per heavy atom. The fourth-order valence-corrected chi connectivity index (χ4v) is 4.31. The Bertz CT molecular complexity index is 1430. The van der Waals surface area contributed by atoms with Crippen LogP contribution in [0.1, 0.15) is 15.9 Å². The summed E-state index contributed by atoms with van der Waals surface area (Å²) in [5.41, 5.74) is 9.53. The van der Waals surface area contributed by atoms with Crippen LogP contribution >= 0.6 is 0 Å². The molecule has 0 bridgehead atoms. The van der Waals surface area contributed by atoms with Crippen molar-refractivity contribution in [1.82, 2.24) is 14.7 Å².